The molecule has 1 aromatic heterocycles. The lowest BCUT2D eigenvalue weighted by molar-refractivity contribution is 0.146. The molecule has 6 heteroatoms. The van der Waals surface area contributed by atoms with Crippen molar-refractivity contribution in [1.29, 1.82) is 0 Å². The van der Waals surface area contributed by atoms with Gasteiger partial charge in [-0.05, 0) is 30.4 Å². The molecule has 0 N–H and O–H groups in total. The second-order valence-corrected chi connectivity index (χ2v) is 8.01. The first-order valence-electron chi connectivity index (χ1n) is 11.0. The number of hydrogen-bond acceptors (Lipinski definition) is 5. The standard InChI is InChI=1S/C26H31N3O3/c1-6-20-15-21-22(7-2)27-25(28-23(21)16-24(20)31-5)29(14-13-18(3)4)26(30)32-17-19-11-9-8-10-12-19/h6,8-12,15-16,18H,1,7,13-14,17H2,2-5H3. The van der Waals surface area contributed by atoms with Gasteiger partial charge < -0.3 is 9.47 Å². The van der Waals surface area contributed by atoms with Gasteiger partial charge in [-0.15, -0.1) is 0 Å². The van der Waals surface area contributed by atoms with E-state index in [2.05, 4.69) is 20.4 Å². The molecule has 0 saturated carbocycles. The molecule has 1 heterocycles. The maximum atomic E-state index is 13.1. The van der Waals surface area contributed by atoms with E-state index in [-0.39, 0.29) is 6.61 Å². The Kier molecular flexibility index (Phi) is 7.82. The van der Waals surface area contributed by atoms with Crippen molar-refractivity contribution in [1.82, 2.24) is 9.97 Å². The van der Waals surface area contributed by atoms with Gasteiger partial charge >= 0.3 is 6.09 Å². The van der Waals surface area contributed by atoms with E-state index >= 15 is 0 Å². The zero-order valence-corrected chi connectivity index (χ0v) is 19.3. The highest BCUT2D eigenvalue weighted by Crippen LogP contribution is 2.29. The van der Waals surface area contributed by atoms with Crippen LogP contribution in [0.4, 0.5) is 10.7 Å². The fourth-order valence-electron chi connectivity index (χ4n) is 3.41. The molecule has 6 nitrogen and oxygen atoms in total. The van der Waals surface area contributed by atoms with Gasteiger partial charge in [-0.25, -0.2) is 19.7 Å². The molecule has 2 aromatic carbocycles. The van der Waals surface area contributed by atoms with Crippen molar-refractivity contribution >= 4 is 29.0 Å². The first kappa shape index (κ1) is 23.3. The minimum atomic E-state index is -0.453. The fourth-order valence-corrected chi connectivity index (χ4v) is 3.41. The molecule has 0 aliphatic heterocycles. The van der Waals surface area contributed by atoms with Gasteiger partial charge in [0.1, 0.15) is 12.4 Å². The van der Waals surface area contributed by atoms with Gasteiger partial charge in [0.2, 0.25) is 5.95 Å². The van der Waals surface area contributed by atoms with E-state index < -0.39 is 6.09 Å². The highest BCUT2D eigenvalue weighted by atomic mass is 16.6. The monoisotopic (exact) mass is 433 g/mol. The number of carbonyl (C=O) groups is 1. The van der Waals surface area contributed by atoms with Crippen molar-refractivity contribution in [3.63, 3.8) is 0 Å². The van der Waals surface area contributed by atoms with E-state index in [1.54, 1.807) is 13.2 Å². The van der Waals surface area contributed by atoms with Crippen LogP contribution >= 0.6 is 0 Å². The smallest absolute Gasteiger partial charge is 0.417 e. The summed E-state index contributed by atoms with van der Waals surface area (Å²) in [4.78, 5) is 24.1. The number of ether oxygens (including phenoxy) is 2. The zero-order valence-electron chi connectivity index (χ0n) is 19.3. The van der Waals surface area contributed by atoms with Crippen LogP contribution in [-0.2, 0) is 17.8 Å². The number of rotatable bonds is 9. The molecular weight excluding hydrogens is 402 g/mol. The van der Waals surface area contributed by atoms with Crippen LogP contribution in [0.25, 0.3) is 17.0 Å². The number of fused-ring (bicyclic) bond motifs is 1. The Morgan fingerprint density at radius 2 is 1.94 bits per heavy atom. The molecule has 168 valence electrons. The Morgan fingerprint density at radius 3 is 2.56 bits per heavy atom. The summed E-state index contributed by atoms with van der Waals surface area (Å²) in [5, 5.41) is 0.924. The number of nitrogens with zero attached hydrogens (tertiary/aromatic N) is 3. The second kappa shape index (κ2) is 10.8. The molecule has 0 saturated heterocycles. The van der Waals surface area contributed by atoms with E-state index in [4.69, 9.17) is 19.4 Å². The molecule has 0 unspecified atom stereocenters. The average Bonchev–Trinajstić information content (AvgIpc) is 2.81. The predicted octanol–water partition coefficient (Wildman–Crippen LogP) is 6.03. The average molecular weight is 434 g/mol. The minimum absolute atomic E-state index is 0.197. The van der Waals surface area contributed by atoms with Crippen LogP contribution in [0.2, 0.25) is 0 Å². The van der Waals surface area contributed by atoms with Crippen LogP contribution in [0, 0.1) is 5.92 Å². The zero-order chi connectivity index (χ0) is 23.1. The largest absolute Gasteiger partial charge is 0.496 e. The SMILES string of the molecule is C=Cc1cc2c(CC)nc(N(CCC(C)C)C(=O)OCc3ccccc3)nc2cc1OC. The minimum Gasteiger partial charge on any atom is -0.496 e. The molecule has 0 aliphatic rings. The van der Waals surface area contributed by atoms with Crippen molar-refractivity contribution in [3.05, 3.63) is 65.9 Å². The van der Waals surface area contributed by atoms with Gasteiger partial charge in [0, 0.05) is 23.6 Å². The van der Waals surface area contributed by atoms with E-state index in [9.17, 15) is 4.79 Å². The van der Waals surface area contributed by atoms with Gasteiger partial charge in [0.05, 0.1) is 18.3 Å². The van der Waals surface area contributed by atoms with Crippen molar-refractivity contribution in [2.45, 2.75) is 40.2 Å². The Labute approximate surface area is 189 Å². The normalized spacial score (nSPS) is 10.9. The third-order valence-corrected chi connectivity index (χ3v) is 5.27. The molecule has 0 aliphatic carbocycles. The topological polar surface area (TPSA) is 64.6 Å². The lowest BCUT2D eigenvalue weighted by Crippen LogP contribution is -2.34. The van der Waals surface area contributed by atoms with E-state index in [0.29, 0.717) is 30.6 Å². The number of benzene rings is 2. The summed E-state index contributed by atoms with van der Waals surface area (Å²) in [5.74, 6) is 1.45. The summed E-state index contributed by atoms with van der Waals surface area (Å²) < 4.78 is 11.1. The van der Waals surface area contributed by atoms with Gasteiger partial charge in [-0.3, -0.25) is 0 Å². The predicted molar refractivity (Wildman–Crippen MR) is 129 cm³/mol. The highest BCUT2D eigenvalue weighted by molar-refractivity contribution is 5.90. The van der Waals surface area contributed by atoms with E-state index in [0.717, 1.165) is 34.1 Å². The van der Waals surface area contributed by atoms with Crippen molar-refractivity contribution in [2.24, 2.45) is 5.92 Å². The number of anilines is 1. The quantitative estimate of drug-likeness (QED) is 0.412. The van der Waals surface area contributed by atoms with Crippen LogP contribution in [0.5, 0.6) is 5.75 Å². The summed E-state index contributed by atoms with van der Waals surface area (Å²) in [6.45, 7) is 10.8. The number of aryl methyl sites for hydroxylation is 1. The van der Waals surface area contributed by atoms with Crippen LogP contribution in [0.3, 0.4) is 0 Å². The maximum Gasteiger partial charge on any atom is 0.417 e. The third-order valence-electron chi connectivity index (χ3n) is 5.27. The lowest BCUT2D eigenvalue weighted by atomic mass is 10.1. The van der Waals surface area contributed by atoms with Crippen LogP contribution in [-0.4, -0.2) is 29.7 Å². The van der Waals surface area contributed by atoms with E-state index in [1.807, 2.05) is 49.4 Å². The number of carbonyl (C=O) groups excluding carboxylic acids is 1. The summed E-state index contributed by atoms with van der Waals surface area (Å²) in [6, 6.07) is 13.5. The van der Waals surface area contributed by atoms with Crippen molar-refractivity contribution < 1.29 is 14.3 Å². The first-order valence-corrected chi connectivity index (χ1v) is 11.0. The van der Waals surface area contributed by atoms with Crippen LogP contribution in [0.15, 0.2) is 49.0 Å². The van der Waals surface area contributed by atoms with Gasteiger partial charge in [0.25, 0.3) is 0 Å². The second-order valence-electron chi connectivity index (χ2n) is 8.01. The number of methoxy groups -OCH3 is 1. The molecule has 0 spiro atoms. The highest BCUT2D eigenvalue weighted by Gasteiger charge is 2.22. The Balaban J connectivity index is 1.99. The first-order chi connectivity index (χ1) is 15.5. The van der Waals surface area contributed by atoms with Crippen LogP contribution < -0.4 is 9.64 Å². The molecule has 0 bridgehead atoms. The van der Waals surface area contributed by atoms with Gasteiger partial charge in [0.15, 0.2) is 0 Å². The molecule has 0 radical (unpaired) electrons. The molecule has 32 heavy (non-hydrogen) atoms. The summed E-state index contributed by atoms with van der Waals surface area (Å²) in [6.07, 6.45) is 2.81. The maximum absolute atomic E-state index is 13.1. The number of hydrogen-bond donors (Lipinski definition) is 0. The van der Waals surface area contributed by atoms with Gasteiger partial charge in [-0.2, -0.15) is 0 Å². The summed E-state index contributed by atoms with van der Waals surface area (Å²) >= 11 is 0. The lowest BCUT2D eigenvalue weighted by Gasteiger charge is -2.22. The summed E-state index contributed by atoms with van der Waals surface area (Å²) in [5.41, 5.74) is 3.39. The fraction of sp³-hybridized carbons (Fsp3) is 0.346. The van der Waals surface area contributed by atoms with E-state index in [1.165, 1.54) is 4.90 Å². The van der Waals surface area contributed by atoms with Gasteiger partial charge in [-0.1, -0.05) is 63.8 Å². The third kappa shape index (κ3) is 5.44. The molecular formula is C26H31N3O3. The van der Waals surface area contributed by atoms with Crippen molar-refractivity contribution in [2.75, 3.05) is 18.6 Å². The van der Waals surface area contributed by atoms with Crippen LogP contribution in [0.1, 0.15) is 44.0 Å². The molecule has 0 fully saturated rings. The Bertz CT molecular complexity index is 1080. The Morgan fingerprint density at radius 1 is 1.19 bits per heavy atom. The Hall–Kier alpha value is -3.41. The molecule has 0 atom stereocenters. The molecule has 1 amide bonds. The summed E-state index contributed by atoms with van der Waals surface area (Å²) in [7, 11) is 1.62. The van der Waals surface area contributed by atoms with Crippen molar-refractivity contribution in [3.8, 4) is 5.75 Å². The number of amides is 1. The number of aromatic nitrogens is 2. The molecule has 3 rings (SSSR count). The molecule has 3 aromatic rings.